The quantitative estimate of drug-likeness (QED) is 0.697. The molecule has 68 valence electrons. The molecule has 0 heterocycles. The Morgan fingerprint density at radius 3 is 2.17 bits per heavy atom. The molecule has 1 aromatic carbocycles. The van der Waals surface area contributed by atoms with E-state index in [2.05, 4.69) is 0 Å². The monoisotopic (exact) mass is 242 g/mol. The van der Waals surface area contributed by atoms with Crippen LogP contribution in [0.2, 0.25) is 0 Å². The third kappa shape index (κ3) is 2.02. The summed E-state index contributed by atoms with van der Waals surface area (Å²) in [5.74, 6) is 0. The summed E-state index contributed by atoms with van der Waals surface area (Å²) >= 11 is -5.77. The van der Waals surface area contributed by atoms with Gasteiger partial charge in [-0.25, -0.2) is 0 Å². The fourth-order valence-corrected chi connectivity index (χ4v) is 2.58. The summed E-state index contributed by atoms with van der Waals surface area (Å²) in [5.41, 5.74) is 0.421. The second-order valence-corrected chi connectivity index (χ2v) is 5.00. The van der Waals surface area contributed by atoms with E-state index in [4.69, 9.17) is 0 Å². The van der Waals surface area contributed by atoms with Gasteiger partial charge >= 0.3 is 72.5 Å². The van der Waals surface area contributed by atoms with Gasteiger partial charge in [-0.1, -0.05) is 0 Å². The van der Waals surface area contributed by atoms with E-state index in [0.717, 1.165) is 0 Å². The van der Waals surface area contributed by atoms with E-state index in [1.165, 1.54) is 12.1 Å². The molecular formula is C8H9F3Se. The van der Waals surface area contributed by atoms with E-state index in [0.29, 0.717) is 12.0 Å². The van der Waals surface area contributed by atoms with Crippen LogP contribution in [0.3, 0.4) is 0 Å². The van der Waals surface area contributed by atoms with Gasteiger partial charge in [-0.05, 0) is 0 Å². The molecule has 0 aromatic heterocycles. The predicted molar refractivity (Wildman–Crippen MR) is 44.5 cm³/mol. The zero-order valence-electron chi connectivity index (χ0n) is 6.56. The minimum atomic E-state index is -5.77. The van der Waals surface area contributed by atoms with Gasteiger partial charge in [0.1, 0.15) is 0 Å². The summed E-state index contributed by atoms with van der Waals surface area (Å²) in [6.45, 7) is 1.74. The van der Waals surface area contributed by atoms with Crippen LogP contribution in [0, 0.1) is 0 Å². The molecule has 0 aliphatic heterocycles. The molecule has 0 bridgehead atoms. The summed E-state index contributed by atoms with van der Waals surface area (Å²) in [6.07, 6.45) is 0.451. The number of aryl methyl sites for hydroxylation is 1. The van der Waals surface area contributed by atoms with Crippen LogP contribution in [0.15, 0.2) is 24.3 Å². The van der Waals surface area contributed by atoms with E-state index in [-0.39, 0.29) is 4.46 Å². The first kappa shape index (κ1) is 9.62. The van der Waals surface area contributed by atoms with E-state index in [1.54, 1.807) is 19.1 Å². The Hall–Kier alpha value is -0.471. The summed E-state index contributed by atoms with van der Waals surface area (Å²) in [7, 11) is 0. The van der Waals surface area contributed by atoms with Gasteiger partial charge in [0.25, 0.3) is 0 Å². The van der Waals surface area contributed by atoms with Crippen molar-refractivity contribution in [1.82, 2.24) is 0 Å². The number of hydrogen-bond acceptors (Lipinski definition) is 0. The van der Waals surface area contributed by atoms with Crippen LogP contribution < -0.4 is 4.46 Å². The first-order valence-corrected chi connectivity index (χ1v) is 6.35. The predicted octanol–water partition coefficient (Wildman–Crippen LogP) is 2.30. The fourth-order valence-electron chi connectivity index (χ4n) is 1.02. The van der Waals surface area contributed by atoms with Gasteiger partial charge in [0, 0.05) is 0 Å². The van der Waals surface area contributed by atoms with Crippen LogP contribution in [-0.4, -0.2) is 14.2 Å². The van der Waals surface area contributed by atoms with Crippen LogP contribution in [0.1, 0.15) is 12.5 Å². The molecule has 0 fully saturated rings. The average molecular weight is 241 g/mol. The van der Waals surface area contributed by atoms with Crippen LogP contribution in [0.25, 0.3) is 0 Å². The molecule has 0 nitrogen and oxygen atoms in total. The van der Waals surface area contributed by atoms with E-state index in [1.807, 2.05) is 0 Å². The summed E-state index contributed by atoms with van der Waals surface area (Å²) in [4.78, 5) is 0. The van der Waals surface area contributed by atoms with Crippen molar-refractivity contribution in [3.05, 3.63) is 29.8 Å². The van der Waals surface area contributed by atoms with Crippen molar-refractivity contribution in [3.63, 3.8) is 0 Å². The molecule has 1 rings (SSSR count). The molecule has 0 radical (unpaired) electrons. The van der Waals surface area contributed by atoms with Crippen molar-refractivity contribution in [1.29, 1.82) is 0 Å². The Bertz CT molecular complexity index is 267. The standard InChI is InChI=1S/C8H9F3Se/c1-2-7-5-3-4-6-8(7)12(9,10)11/h3-6H,2H2,1H3. The Morgan fingerprint density at radius 2 is 1.75 bits per heavy atom. The van der Waals surface area contributed by atoms with E-state index < -0.39 is 14.2 Å². The Kier molecular flexibility index (Phi) is 2.80. The van der Waals surface area contributed by atoms with E-state index in [9.17, 15) is 10.7 Å². The minimum absolute atomic E-state index is 0.365. The second-order valence-electron chi connectivity index (χ2n) is 2.37. The molecule has 0 atom stereocenters. The SMILES string of the molecule is CCc1ccccc1[Se](F)(F)F. The molecule has 0 aliphatic rings. The first-order chi connectivity index (χ1) is 5.55. The van der Waals surface area contributed by atoms with Gasteiger partial charge in [-0.3, -0.25) is 0 Å². The molecule has 1 aromatic rings. The zero-order chi connectivity index (χ0) is 9.19. The van der Waals surface area contributed by atoms with Gasteiger partial charge in [0.05, 0.1) is 0 Å². The van der Waals surface area contributed by atoms with Crippen molar-refractivity contribution in [3.8, 4) is 0 Å². The van der Waals surface area contributed by atoms with Crippen LogP contribution in [-0.2, 0) is 6.42 Å². The third-order valence-corrected chi connectivity index (χ3v) is 3.48. The maximum absolute atomic E-state index is 12.4. The molecule has 0 aliphatic carbocycles. The molecular weight excluding hydrogens is 232 g/mol. The number of halogens is 3. The molecule has 0 saturated carbocycles. The molecule has 0 spiro atoms. The normalized spacial score (nSPS) is 13.0. The van der Waals surface area contributed by atoms with Crippen LogP contribution in [0.5, 0.6) is 0 Å². The summed E-state index contributed by atoms with van der Waals surface area (Å²) in [5, 5.41) is 0. The van der Waals surface area contributed by atoms with Crippen LogP contribution in [0.4, 0.5) is 10.7 Å². The first-order valence-electron chi connectivity index (χ1n) is 3.56. The molecule has 4 heteroatoms. The van der Waals surface area contributed by atoms with Crippen molar-refractivity contribution in [2.45, 2.75) is 13.3 Å². The van der Waals surface area contributed by atoms with Crippen molar-refractivity contribution in [2.75, 3.05) is 0 Å². The Balaban J connectivity index is 3.14. The van der Waals surface area contributed by atoms with Crippen molar-refractivity contribution >= 4 is 18.7 Å². The Morgan fingerprint density at radius 1 is 1.17 bits per heavy atom. The van der Waals surface area contributed by atoms with Gasteiger partial charge in [-0.15, -0.1) is 0 Å². The van der Waals surface area contributed by atoms with Gasteiger partial charge in [0.2, 0.25) is 0 Å². The van der Waals surface area contributed by atoms with E-state index >= 15 is 0 Å². The van der Waals surface area contributed by atoms with Crippen molar-refractivity contribution < 1.29 is 10.7 Å². The topological polar surface area (TPSA) is 0 Å². The van der Waals surface area contributed by atoms with Crippen LogP contribution >= 0.6 is 0 Å². The summed E-state index contributed by atoms with van der Waals surface area (Å²) in [6, 6.07) is 5.81. The zero-order valence-corrected chi connectivity index (χ0v) is 8.27. The third-order valence-electron chi connectivity index (χ3n) is 1.60. The second kappa shape index (κ2) is 3.50. The average Bonchev–Trinajstić information content (AvgIpc) is 2.03. The van der Waals surface area contributed by atoms with Gasteiger partial charge in [-0.2, -0.15) is 0 Å². The molecule has 0 N–H and O–H groups in total. The van der Waals surface area contributed by atoms with Gasteiger partial charge in [0.15, 0.2) is 0 Å². The molecule has 12 heavy (non-hydrogen) atoms. The number of benzene rings is 1. The number of rotatable bonds is 2. The molecule has 0 saturated heterocycles. The fraction of sp³-hybridized carbons (Fsp3) is 0.250. The van der Waals surface area contributed by atoms with Gasteiger partial charge < -0.3 is 0 Å². The maximum atomic E-state index is 12.4. The molecule has 0 amide bonds. The summed E-state index contributed by atoms with van der Waals surface area (Å²) < 4.78 is 36.8. The van der Waals surface area contributed by atoms with Crippen molar-refractivity contribution in [2.24, 2.45) is 0 Å². The molecule has 0 unspecified atom stereocenters. The Labute approximate surface area is 73.0 Å². The number of hydrogen-bond donors (Lipinski definition) is 0.